The van der Waals surface area contributed by atoms with Gasteiger partial charge in [0.15, 0.2) is 0 Å². The van der Waals surface area contributed by atoms with Gasteiger partial charge in [0.1, 0.15) is 11.4 Å². The average Bonchev–Trinajstić information content (AvgIpc) is 2.47. The Morgan fingerprint density at radius 1 is 1.20 bits per heavy atom. The van der Waals surface area contributed by atoms with Crippen LogP contribution in [0.25, 0.3) is 0 Å². The van der Waals surface area contributed by atoms with E-state index < -0.39 is 11.7 Å². The van der Waals surface area contributed by atoms with Crippen LogP contribution in [0, 0.1) is 5.92 Å². The van der Waals surface area contributed by atoms with Crippen molar-refractivity contribution >= 4 is 12.1 Å². The Hall–Kier alpha value is -2.24. The van der Waals surface area contributed by atoms with Crippen molar-refractivity contribution in [3.05, 3.63) is 29.8 Å². The first-order valence-electron chi connectivity index (χ1n) is 8.54. The van der Waals surface area contributed by atoms with Crippen molar-refractivity contribution < 1.29 is 24.2 Å². The number of amides is 1. The smallest absolute Gasteiger partial charge is 0.407 e. The molecule has 6 heteroatoms. The highest BCUT2D eigenvalue weighted by Crippen LogP contribution is 2.17. The van der Waals surface area contributed by atoms with E-state index in [9.17, 15) is 14.7 Å². The van der Waals surface area contributed by atoms with Crippen molar-refractivity contribution in [1.29, 1.82) is 0 Å². The summed E-state index contributed by atoms with van der Waals surface area (Å²) < 4.78 is 10.3. The summed E-state index contributed by atoms with van der Waals surface area (Å²) in [5, 5.41) is 12.2. The predicted octanol–water partition coefficient (Wildman–Crippen LogP) is 3.42. The Kier molecular flexibility index (Phi) is 7.74. The predicted molar refractivity (Wildman–Crippen MR) is 95.4 cm³/mol. The number of nitrogens with one attached hydrogen (secondary N) is 1. The van der Waals surface area contributed by atoms with E-state index in [-0.39, 0.29) is 23.7 Å². The fourth-order valence-electron chi connectivity index (χ4n) is 2.39. The number of alkyl carbamates (subject to hydrolysis) is 1. The number of ether oxygens (including phenoxy) is 2. The second-order valence-electron chi connectivity index (χ2n) is 7.10. The largest absolute Gasteiger partial charge is 0.508 e. The number of hydrogen-bond acceptors (Lipinski definition) is 5. The van der Waals surface area contributed by atoms with Crippen molar-refractivity contribution in [1.82, 2.24) is 5.32 Å². The van der Waals surface area contributed by atoms with Crippen LogP contribution in [-0.2, 0) is 20.7 Å². The number of phenolic OH excluding ortho intramolecular Hbond substituents is 1. The van der Waals surface area contributed by atoms with Gasteiger partial charge in [0.2, 0.25) is 0 Å². The third-order valence-corrected chi connectivity index (χ3v) is 3.47. The van der Waals surface area contributed by atoms with Gasteiger partial charge in [-0.2, -0.15) is 0 Å². The molecule has 1 aromatic carbocycles. The zero-order valence-corrected chi connectivity index (χ0v) is 15.7. The Balaban J connectivity index is 2.79. The lowest BCUT2D eigenvalue weighted by Gasteiger charge is -2.25. The monoisotopic (exact) mass is 351 g/mol. The molecule has 0 aliphatic heterocycles. The lowest BCUT2D eigenvalue weighted by atomic mass is 9.96. The molecule has 0 bridgehead atoms. The summed E-state index contributed by atoms with van der Waals surface area (Å²) in [5.41, 5.74) is 0.342. The highest BCUT2D eigenvalue weighted by molar-refractivity contribution is 5.72. The SMILES string of the molecule is CCOC(=O)[C@@H](C)C[C@H](Cc1ccc(O)cc1)NC(=O)OC(C)(C)C. The summed E-state index contributed by atoms with van der Waals surface area (Å²) >= 11 is 0. The summed E-state index contributed by atoms with van der Waals surface area (Å²) in [6.07, 6.45) is 0.426. The van der Waals surface area contributed by atoms with E-state index in [0.717, 1.165) is 5.56 Å². The number of rotatable bonds is 7. The fraction of sp³-hybridized carbons (Fsp3) is 0.579. The van der Waals surface area contributed by atoms with E-state index in [2.05, 4.69) is 5.32 Å². The van der Waals surface area contributed by atoms with Crippen LogP contribution in [0.15, 0.2) is 24.3 Å². The van der Waals surface area contributed by atoms with Crippen molar-refractivity contribution in [3.8, 4) is 5.75 Å². The van der Waals surface area contributed by atoms with Crippen LogP contribution in [0.5, 0.6) is 5.75 Å². The molecular weight excluding hydrogens is 322 g/mol. The third-order valence-electron chi connectivity index (χ3n) is 3.47. The third kappa shape index (κ3) is 8.42. The lowest BCUT2D eigenvalue weighted by molar-refractivity contribution is -0.147. The zero-order valence-electron chi connectivity index (χ0n) is 15.7. The molecule has 0 radical (unpaired) electrons. The Morgan fingerprint density at radius 2 is 1.80 bits per heavy atom. The molecule has 1 rings (SSSR count). The maximum Gasteiger partial charge on any atom is 0.407 e. The normalized spacial score (nSPS) is 13.6. The number of carbonyl (C=O) groups excluding carboxylic acids is 2. The van der Waals surface area contributed by atoms with E-state index in [0.29, 0.717) is 19.4 Å². The summed E-state index contributed by atoms with van der Waals surface area (Å²) in [4.78, 5) is 24.0. The lowest BCUT2D eigenvalue weighted by Crippen LogP contribution is -2.41. The van der Waals surface area contributed by atoms with Gasteiger partial charge in [0, 0.05) is 6.04 Å². The van der Waals surface area contributed by atoms with Crippen LogP contribution < -0.4 is 5.32 Å². The van der Waals surface area contributed by atoms with Crippen molar-refractivity contribution in [2.45, 2.75) is 59.1 Å². The molecular formula is C19H29NO5. The first-order chi connectivity index (χ1) is 11.6. The van der Waals surface area contributed by atoms with E-state index >= 15 is 0 Å². The van der Waals surface area contributed by atoms with Gasteiger partial charge >= 0.3 is 12.1 Å². The van der Waals surface area contributed by atoms with Gasteiger partial charge in [0.25, 0.3) is 0 Å². The molecule has 6 nitrogen and oxygen atoms in total. The molecule has 0 saturated heterocycles. The summed E-state index contributed by atoms with van der Waals surface area (Å²) in [6, 6.07) is 6.46. The van der Waals surface area contributed by atoms with Crippen LogP contribution in [0.2, 0.25) is 0 Å². The van der Waals surface area contributed by atoms with Crippen LogP contribution in [0.1, 0.15) is 46.6 Å². The van der Waals surface area contributed by atoms with Crippen LogP contribution in [0.4, 0.5) is 4.79 Å². The number of hydrogen-bond donors (Lipinski definition) is 2. The molecule has 0 heterocycles. The molecule has 1 amide bonds. The molecule has 0 aromatic heterocycles. The first kappa shape index (κ1) is 20.8. The van der Waals surface area contributed by atoms with Crippen molar-refractivity contribution in [2.75, 3.05) is 6.61 Å². The van der Waals surface area contributed by atoms with Crippen molar-refractivity contribution in [3.63, 3.8) is 0 Å². The molecule has 25 heavy (non-hydrogen) atoms. The number of aromatic hydroxyl groups is 1. The molecule has 2 N–H and O–H groups in total. The fourth-order valence-corrected chi connectivity index (χ4v) is 2.39. The van der Waals surface area contributed by atoms with Gasteiger partial charge in [0.05, 0.1) is 12.5 Å². The van der Waals surface area contributed by atoms with Gasteiger partial charge in [-0.25, -0.2) is 4.79 Å². The van der Waals surface area contributed by atoms with Crippen molar-refractivity contribution in [2.24, 2.45) is 5.92 Å². The van der Waals surface area contributed by atoms with Gasteiger partial charge in [-0.05, 0) is 58.2 Å². The van der Waals surface area contributed by atoms with E-state index in [1.807, 2.05) is 0 Å². The minimum absolute atomic E-state index is 0.181. The second kappa shape index (κ2) is 9.30. The van der Waals surface area contributed by atoms with E-state index in [4.69, 9.17) is 9.47 Å². The zero-order chi connectivity index (χ0) is 19.0. The minimum atomic E-state index is -0.597. The average molecular weight is 351 g/mol. The number of esters is 1. The second-order valence-corrected chi connectivity index (χ2v) is 7.10. The molecule has 1 aromatic rings. The molecule has 0 spiro atoms. The Bertz CT molecular complexity index is 562. The maximum absolute atomic E-state index is 12.1. The molecule has 0 saturated carbocycles. The Labute approximate surface area is 149 Å². The van der Waals surface area contributed by atoms with Gasteiger partial charge in [-0.3, -0.25) is 4.79 Å². The van der Waals surface area contributed by atoms with Gasteiger partial charge in [-0.15, -0.1) is 0 Å². The molecule has 2 atom stereocenters. The molecule has 0 fully saturated rings. The standard InChI is InChI=1S/C19H29NO5/c1-6-24-17(22)13(2)11-15(20-18(23)25-19(3,4)5)12-14-7-9-16(21)10-8-14/h7-10,13,15,21H,6,11-12H2,1-5H3,(H,20,23)/t13-,15+/m0/s1. The Morgan fingerprint density at radius 3 is 2.32 bits per heavy atom. The summed E-state index contributed by atoms with van der Waals surface area (Å²) in [5.74, 6) is -0.457. The molecule has 0 unspecified atom stereocenters. The van der Waals surface area contributed by atoms with Gasteiger partial charge < -0.3 is 19.9 Å². The van der Waals surface area contributed by atoms with Gasteiger partial charge in [-0.1, -0.05) is 19.1 Å². The topological polar surface area (TPSA) is 84.9 Å². The minimum Gasteiger partial charge on any atom is -0.508 e. The van der Waals surface area contributed by atoms with E-state index in [1.54, 1.807) is 58.9 Å². The number of phenols is 1. The highest BCUT2D eigenvalue weighted by Gasteiger charge is 2.24. The number of benzene rings is 1. The van der Waals surface area contributed by atoms with Crippen LogP contribution in [-0.4, -0.2) is 35.4 Å². The molecule has 0 aliphatic carbocycles. The highest BCUT2D eigenvalue weighted by atomic mass is 16.6. The first-order valence-corrected chi connectivity index (χ1v) is 8.54. The molecule has 140 valence electrons. The maximum atomic E-state index is 12.1. The van der Waals surface area contributed by atoms with E-state index in [1.165, 1.54) is 0 Å². The summed E-state index contributed by atoms with van der Waals surface area (Å²) in [6.45, 7) is 9.25. The molecule has 0 aliphatic rings. The van der Waals surface area contributed by atoms with Crippen LogP contribution in [0.3, 0.4) is 0 Å². The number of carbonyl (C=O) groups is 2. The summed E-state index contributed by atoms with van der Waals surface area (Å²) in [7, 11) is 0. The quantitative estimate of drug-likeness (QED) is 0.735. The van der Waals surface area contributed by atoms with Crippen LogP contribution >= 0.6 is 0 Å².